The van der Waals surface area contributed by atoms with E-state index < -0.39 is 46.8 Å². The van der Waals surface area contributed by atoms with Crippen LogP contribution >= 0.6 is 0 Å². The average molecular weight is 605 g/mol. The zero-order chi connectivity index (χ0) is 31.6. The lowest BCUT2D eigenvalue weighted by atomic mass is 9.69. The van der Waals surface area contributed by atoms with E-state index in [0.29, 0.717) is 12.8 Å². The molecule has 236 valence electrons. The number of hydrogen-bond donors (Lipinski definition) is 2. The van der Waals surface area contributed by atoms with Crippen LogP contribution in [0.3, 0.4) is 0 Å². The molecule has 2 atom stereocenters. The normalized spacial score (nSPS) is 17.5. The topological polar surface area (TPSA) is 127 Å². The predicted molar refractivity (Wildman–Crippen MR) is 168 cm³/mol. The van der Waals surface area contributed by atoms with Gasteiger partial charge in [-0.15, -0.1) is 0 Å². The number of ketones is 2. The van der Waals surface area contributed by atoms with Crippen molar-refractivity contribution in [3.63, 3.8) is 0 Å². The Labute approximate surface area is 259 Å². The molecule has 0 heterocycles. The van der Waals surface area contributed by atoms with Gasteiger partial charge in [0.05, 0.1) is 47.3 Å². The molecule has 44 heavy (non-hydrogen) atoms. The van der Waals surface area contributed by atoms with Gasteiger partial charge in [0.25, 0.3) is 0 Å². The van der Waals surface area contributed by atoms with Crippen LogP contribution in [0, 0.1) is 11.8 Å². The summed E-state index contributed by atoms with van der Waals surface area (Å²) in [6, 6.07) is 6.40. The minimum Gasteiger partial charge on any atom is -0.507 e. The van der Waals surface area contributed by atoms with Crippen molar-refractivity contribution < 1.29 is 38.9 Å². The molecule has 2 aliphatic rings. The molecule has 0 spiro atoms. The van der Waals surface area contributed by atoms with Crippen LogP contribution in [0.1, 0.15) is 112 Å². The highest BCUT2D eigenvalue weighted by molar-refractivity contribution is 6.24. The van der Waals surface area contributed by atoms with Crippen LogP contribution in [0.4, 0.5) is 0 Å². The maximum absolute atomic E-state index is 13.8. The second kappa shape index (κ2) is 15.7. The fourth-order valence-corrected chi connectivity index (χ4v) is 6.04. The van der Waals surface area contributed by atoms with Crippen LogP contribution in [0.2, 0.25) is 0 Å². The van der Waals surface area contributed by atoms with E-state index in [1.807, 2.05) is 0 Å². The fraction of sp³-hybridized carbons (Fsp3) is 0.500. The molecule has 0 aliphatic heterocycles. The van der Waals surface area contributed by atoms with Gasteiger partial charge >= 0.3 is 11.9 Å². The number of aromatic hydroxyl groups is 2. The number of unbranched alkanes of at least 4 members (excludes halogenated alkanes) is 10. The first-order chi connectivity index (χ1) is 21.3. The highest BCUT2D eigenvalue weighted by Crippen LogP contribution is 2.47. The van der Waals surface area contributed by atoms with E-state index in [0.717, 1.165) is 64.2 Å². The lowest BCUT2D eigenvalue weighted by molar-refractivity contribution is -0.142. The molecular formula is C36H44O8. The molecule has 4 rings (SSSR count). The molecule has 8 heteroatoms. The minimum absolute atomic E-state index is 0.126. The van der Waals surface area contributed by atoms with Crippen molar-refractivity contribution in [2.75, 3.05) is 13.2 Å². The Morgan fingerprint density at radius 3 is 1.36 bits per heavy atom. The van der Waals surface area contributed by atoms with E-state index in [9.17, 15) is 29.4 Å². The summed E-state index contributed by atoms with van der Waals surface area (Å²) in [5, 5.41) is 22.5. The molecule has 2 aliphatic carbocycles. The second-order valence-corrected chi connectivity index (χ2v) is 11.7. The zero-order valence-electron chi connectivity index (χ0n) is 25.9. The van der Waals surface area contributed by atoms with Gasteiger partial charge in [0, 0.05) is 10.8 Å². The van der Waals surface area contributed by atoms with Gasteiger partial charge in [-0.1, -0.05) is 114 Å². The molecule has 0 saturated heterocycles. The van der Waals surface area contributed by atoms with Crippen LogP contribution in [-0.2, 0) is 19.1 Å². The number of hydrogen-bond acceptors (Lipinski definition) is 8. The van der Waals surface area contributed by atoms with E-state index in [1.54, 1.807) is 24.3 Å². The molecule has 0 aromatic heterocycles. The van der Waals surface area contributed by atoms with Crippen molar-refractivity contribution in [2.24, 2.45) is 11.8 Å². The van der Waals surface area contributed by atoms with E-state index in [4.69, 9.17) is 9.47 Å². The molecule has 0 amide bonds. The quantitative estimate of drug-likeness (QED) is 0.114. The molecule has 0 fully saturated rings. The van der Waals surface area contributed by atoms with E-state index in [-0.39, 0.29) is 46.3 Å². The highest BCUT2D eigenvalue weighted by atomic mass is 16.5. The molecular weight excluding hydrogens is 560 g/mol. The summed E-state index contributed by atoms with van der Waals surface area (Å²) >= 11 is 0. The third-order valence-corrected chi connectivity index (χ3v) is 8.53. The number of carbonyl (C=O) groups is 4. The molecule has 2 N–H and O–H groups in total. The summed E-state index contributed by atoms with van der Waals surface area (Å²) < 4.78 is 11.0. The van der Waals surface area contributed by atoms with Crippen molar-refractivity contribution in [1.82, 2.24) is 0 Å². The third-order valence-electron chi connectivity index (χ3n) is 8.53. The molecule has 2 unspecified atom stereocenters. The van der Waals surface area contributed by atoms with Gasteiger partial charge < -0.3 is 19.7 Å². The second-order valence-electron chi connectivity index (χ2n) is 11.7. The SMILES string of the molecule is CCCCCCCCOC(=O)C1=CC2C(=O)c3c(c(O)c4ccccc4c3O)C(=O)C2C=C1C(=O)OCCCCCCCC. The number of phenolic OH excluding ortho intramolecular Hbond substituents is 2. The van der Waals surface area contributed by atoms with Crippen molar-refractivity contribution in [3.05, 3.63) is 58.7 Å². The number of fused-ring (bicyclic) bond motifs is 3. The van der Waals surface area contributed by atoms with Crippen LogP contribution < -0.4 is 0 Å². The Morgan fingerprint density at radius 2 is 0.977 bits per heavy atom. The number of benzene rings is 2. The number of phenols is 2. The summed E-state index contributed by atoms with van der Waals surface area (Å²) in [5.41, 5.74) is -0.824. The van der Waals surface area contributed by atoms with Gasteiger partial charge in [-0.3, -0.25) is 9.59 Å². The molecule has 0 bridgehead atoms. The largest absolute Gasteiger partial charge is 0.507 e. The first-order valence-electron chi connectivity index (χ1n) is 16.1. The number of rotatable bonds is 16. The predicted octanol–water partition coefficient (Wildman–Crippen LogP) is 7.54. The van der Waals surface area contributed by atoms with Gasteiger partial charge in [0.1, 0.15) is 11.5 Å². The molecule has 2 aromatic rings. The first-order valence-corrected chi connectivity index (χ1v) is 16.1. The van der Waals surface area contributed by atoms with Crippen molar-refractivity contribution in [1.29, 1.82) is 0 Å². The van der Waals surface area contributed by atoms with Gasteiger partial charge in [-0.05, 0) is 12.8 Å². The van der Waals surface area contributed by atoms with Crippen LogP contribution in [-0.4, -0.2) is 46.9 Å². The third kappa shape index (κ3) is 7.22. The number of ether oxygens (including phenoxy) is 2. The van der Waals surface area contributed by atoms with Crippen LogP contribution in [0.25, 0.3) is 10.8 Å². The van der Waals surface area contributed by atoms with E-state index in [2.05, 4.69) is 13.8 Å². The number of allylic oxidation sites excluding steroid dienone is 2. The Morgan fingerprint density at radius 1 is 0.614 bits per heavy atom. The maximum atomic E-state index is 13.8. The standard InChI is InChI=1S/C36H44O8/c1-3-5-7-9-11-15-19-43-35(41)27-21-25-26(22-28(27)36(42)44-20-16-12-10-8-6-4-2)34(40)30-29(33(25)39)31(37)23-17-13-14-18-24(23)32(30)38/h13-14,17-18,21-22,25-26,37-38H,3-12,15-16,19-20H2,1-2H3. The smallest absolute Gasteiger partial charge is 0.338 e. The van der Waals surface area contributed by atoms with Crippen molar-refractivity contribution >= 4 is 34.3 Å². The number of Topliss-reactive ketones (excluding diaryl/α,β-unsaturated/α-hetero) is 2. The lowest BCUT2D eigenvalue weighted by Crippen LogP contribution is -2.38. The summed E-state index contributed by atoms with van der Waals surface area (Å²) in [6.07, 6.45) is 14.6. The summed E-state index contributed by atoms with van der Waals surface area (Å²) in [5.74, 6) is -5.91. The molecule has 8 nitrogen and oxygen atoms in total. The Kier molecular flexibility index (Phi) is 11.8. The highest BCUT2D eigenvalue weighted by Gasteiger charge is 2.47. The average Bonchev–Trinajstić information content (AvgIpc) is 3.03. The van der Waals surface area contributed by atoms with Crippen LogP contribution in [0.5, 0.6) is 11.5 Å². The van der Waals surface area contributed by atoms with Crippen molar-refractivity contribution in [2.45, 2.75) is 90.9 Å². The van der Waals surface area contributed by atoms with E-state index in [1.165, 1.54) is 12.2 Å². The van der Waals surface area contributed by atoms with Gasteiger partial charge in [0.2, 0.25) is 0 Å². The summed E-state index contributed by atoms with van der Waals surface area (Å²) in [7, 11) is 0. The molecule has 0 saturated carbocycles. The van der Waals surface area contributed by atoms with Crippen LogP contribution in [0.15, 0.2) is 47.6 Å². The Hall–Kier alpha value is -3.94. The number of carbonyl (C=O) groups excluding carboxylic acids is 4. The summed E-state index contributed by atoms with van der Waals surface area (Å²) in [4.78, 5) is 54.2. The zero-order valence-corrected chi connectivity index (χ0v) is 25.9. The fourth-order valence-electron chi connectivity index (χ4n) is 6.04. The lowest BCUT2D eigenvalue weighted by Gasteiger charge is -2.32. The van der Waals surface area contributed by atoms with E-state index >= 15 is 0 Å². The summed E-state index contributed by atoms with van der Waals surface area (Å²) in [6.45, 7) is 4.60. The minimum atomic E-state index is -1.16. The van der Waals surface area contributed by atoms with Crippen molar-refractivity contribution in [3.8, 4) is 11.5 Å². The van der Waals surface area contributed by atoms with Gasteiger partial charge in [-0.25, -0.2) is 9.59 Å². The monoisotopic (exact) mass is 604 g/mol. The van der Waals surface area contributed by atoms with Gasteiger partial charge in [-0.2, -0.15) is 0 Å². The maximum Gasteiger partial charge on any atom is 0.338 e. The molecule has 0 radical (unpaired) electrons. The molecule has 2 aromatic carbocycles. The Bertz CT molecular complexity index is 1340. The first kappa shape index (κ1) is 33.0. The Balaban J connectivity index is 1.60. The van der Waals surface area contributed by atoms with Gasteiger partial charge in [0.15, 0.2) is 11.6 Å². The number of esters is 2.